The SMILES string of the molecule is COC(=O)N(C1c2ccccc2-c2ccccc21)[C@@H](Cc1cccc(Cl)c1)C(=O)O. The van der Waals surface area contributed by atoms with Gasteiger partial charge in [-0.05, 0) is 39.9 Å². The molecule has 0 spiro atoms. The van der Waals surface area contributed by atoms with Crippen molar-refractivity contribution in [3.05, 3.63) is 94.5 Å². The van der Waals surface area contributed by atoms with Crippen LogP contribution in [0.25, 0.3) is 11.1 Å². The largest absolute Gasteiger partial charge is 0.480 e. The molecule has 4 rings (SSSR count). The summed E-state index contributed by atoms with van der Waals surface area (Å²) in [5.41, 5.74) is 4.45. The Bertz CT molecular complexity index is 1070. The lowest BCUT2D eigenvalue weighted by Gasteiger charge is -2.34. The average molecular weight is 422 g/mol. The summed E-state index contributed by atoms with van der Waals surface area (Å²) >= 11 is 6.09. The number of amides is 1. The van der Waals surface area contributed by atoms with Crippen molar-refractivity contribution in [2.45, 2.75) is 18.5 Å². The van der Waals surface area contributed by atoms with E-state index in [2.05, 4.69) is 0 Å². The van der Waals surface area contributed by atoms with Crippen LogP contribution in [0.5, 0.6) is 0 Å². The summed E-state index contributed by atoms with van der Waals surface area (Å²) in [6.45, 7) is 0. The van der Waals surface area contributed by atoms with Gasteiger partial charge in [-0.3, -0.25) is 4.90 Å². The fourth-order valence-corrected chi connectivity index (χ4v) is 4.35. The number of methoxy groups -OCH3 is 1. The van der Waals surface area contributed by atoms with Gasteiger partial charge in [0.15, 0.2) is 0 Å². The Kier molecular flexibility index (Phi) is 5.46. The second-order valence-corrected chi connectivity index (χ2v) is 7.58. The number of benzene rings is 3. The second kappa shape index (κ2) is 8.20. The van der Waals surface area contributed by atoms with Crippen LogP contribution in [0.15, 0.2) is 72.8 Å². The van der Waals surface area contributed by atoms with E-state index in [-0.39, 0.29) is 6.42 Å². The Morgan fingerprint density at radius 1 is 1.00 bits per heavy atom. The van der Waals surface area contributed by atoms with Crippen LogP contribution in [0.4, 0.5) is 4.79 Å². The standard InChI is InChI=1S/C24H20ClNO4/c1-30-24(29)26(21(23(27)28)14-15-7-6-8-16(25)13-15)22-19-11-4-2-9-17(19)18-10-3-5-12-20(18)22/h2-13,21-22H,14H2,1H3,(H,27,28)/t21-/m0/s1. The van der Waals surface area contributed by atoms with Crippen LogP contribution < -0.4 is 0 Å². The third-order valence-corrected chi connectivity index (χ3v) is 5.64. The van der Waals surface area contributed by atoms with Gasteiger partial charge in [0.05, 0.1) is 13.2 Å². The number of carboxylic acids is 1. The van der Waals surface area contributed by atoms with E-state index in [4.69, 9.17) is 16.3 Å². The third-order valence-electron chi connectivity index (χ3n) is 5.40. The molecule has 152 valence electrons. The van der Waals surface area contributed by atoms with Crippen molar-refractivity contribution in [2.75, 3.05) is 7.11 Å². The topological polar surface area (TPSA) is 66.8 Å². The molecule has 0 aromatic heterocycles. The Morgan fingerprint density at radius 2 is 1.60 bits per heavy atom. The molecule has 0 fully saturated rings. The van der Waals surface area contributed by atoms with Crippen LogP contribution in [0, 0.1) is 0 Å². The molecule has 3 aromatic rings. The molecule has 1 amide bonds. The quantitative estimate of drug-likeness (QED) is 0.616. The monoisotopic (exact) mass is 421 g/mol. The molecular formula is C24H20ClNO4. The van der Waals surface area contributed by atoms with E-state index < -0.39 is 24.1 Å². The summed E-state index contributed by atoms with van der Waals surface area (Å²) < 4.78 is 5.04. The third kappa shape index (κ3) is 3.53. The maximum Gasteiger partial charge on any atom is 0.411 e. The molecule has 0 bridgehead atoms. The maximum absolute atomic E-state index is 12.9. The summed E-state index contributed by atoms with van der Waals surface area (Å²) in [6, 6.07) is 20.8. The molecule has 0 aliphatic heterocycles. The minimum absolute atomic E-state index is 0.103. The second-order valence-electron chi connectivity index (χ2n) is 7.14. The normalized spacial score (nSPS) is 13.3. The molecule has 5 nitrogen and oxygen atoms in total. The van der Waals surface area contributed by atoms with Gasteiger partial charge in [-0.2, -0.15) is 0 Å². The number of rotatable bonds is 5. The summed E-state index contributed by atoms with van der Waals surface area (Å²) in [5.74, 6) is -1.11. The molecule has 6 heteroatoms. The summed E-state index contributed by atoms with van der Waals surface area (Å²) in [6.07, 6.45) is -0.591. The first-order valence-corrected chi connectivity index (χ1v) is 9.91. The zero-order valence-corrected chi connectivity index (χ0v) is 17.0. The van der Waals surface area contributed by atoms with Crippen molar-refractivity contribution in [3.8, 4) is 11.1 Å². The molecule has 0 saturated heterocycles. The Hall–Kier alpha value is -3.31. The maximum atomic E-state index is 12.9. The van der Waals surface area contributed by atoms with E-state index in [9.17, 15) is 14.7 Å². The highest BCUT2D eigenvalue weighted by atomic mass is 35.5. The van der Waals surface area contributed by atoms with Crippen LogP contribution in [0.1, 0.15) is 22.7 Å². The van der Waals surface area contributed by atoms with Gasteiger partial charge < -0.3 is 9.84 Å². The predicted molar refractivity (Wildman–Crippen MR) is 115 cm³/mol. The number of hydrogen-bond acceptors (Lipinski definition) is 3. The van der Waals surface area contributed by atoms with Gasteiger partial charge >= 0.3 is 12.1 Å². The first-order chi connectivity index (χ1) is 14.5. The Labute approximate surface area is 179 Å². The van der Waals surface area contributed by atoms with E-state index in [1.165, 1.54) is 12.0 Å². The Morgan fingerprint density at radius 3 is 2.13 bits per heavy atom. The van der Waals surface area contributed by atoms with E-state index in [1.54, 1.807) is 24.3 Å². The van der Waals surface area contributed by atoms with Crippen LogP contribution in [-0.2, 0) is 16.0 Å². The lowest BCUT2D eigenvalue weighted by atomic mass is 9.98. The lowest BCUT2D eigenvalue weighted by Crippen LogP contribution is -2.48. The molecule has 0 unspecified atom stereocenters. The van der Waals surface area contributed by atoms with Crippen LogP contribution >= 0.6 is 11.6 Å². The highest BCUT2D eigenvalue weighted by Gasteiger charge is 2.42. The predicted octanol–water partition coefficient (Wildman–Crippen LogP) is 5.17. The molecule has 0 radical (unpaired) electrons. The van der Waals surface area contributed by atoms with E-state index in [1.807, 2.05) is 48.5 Å². The van der Waals surface area contributed by atoms with Gasteiger partial charge in [0.2, 0.25) is 0 Å². The fraction of sp³-hybridized carbons (Fsp3) is 0.167. The number of carbonyl (C=O) groups excluding carboxylic acids is 1. The molecule has 0 saturated carbocycles. The molecule has 1 aliphatic rings. The van der Waals surface area contributed by atoms with Gasteiger partial charge in [-0.15, -0.1) is 0 Å². The smallest absolute Gasteiger partial charge is 0.411 e. The van der Waals surface area contributed by atoms with Gasteiger partial charge in [-0.1, -0.05) is 72.3 Å². The number of fused-ring (bicyclic) bond motifs is 3. The first-order valence-electron chi connectivity index (χ1n) is 9.53. The first kappa shape index (κ1) is 20.0. The number of hydrogen-bond donors (Lipinski definition) is 1. The zero-order chi connectivity index (χ0) is 21.3. The van der Waals surface area contributed by atoms with Crippen molar-refractivity contribution in [1.29, 1.82) is 0 Å². The highest BCUT2D eigenvalue weighted by Crippen LogP contribution is 2.47. The van der Waals surface area contributed by atoms with E-state index >= 15 is 0 Å². The highest BCUT2D eigenvalue weighted by molar-refractivity contribution is 6.30. The average Bonchev–Trinajstić information content (AvgIpc) is 3.08. The number of carbonyl (C=O) groups is 2. The van der Waals surface area contributed by atoms with Gasteiger partial charge in [-0.25, -0.2) is 9.59 Å². The number of nitrogens with zero attached hydrogens (tertiary/aromatic N) is 1. The molecular weight excluding hydrogens is 402 g/mol. The molecule has 1 atom stereocenters. The van der Waals surface area contributed by atoms with Crippen molar-refractivity contribution in [3.63, 3.8) is 0 Å². The molecule has 1 aliphatic carbocycles. The van der Waals surface area contributed by atoms with Crippen LogP contribution in [0.3, 0.4) is 0 Å². The van der Waals surface area contributed by atoms with Gasteiger partial charge in [0, 0.05) is 11.4 Å². The van der Waals surface area contributed by atoms with Gasteiger partial charge in [0.1, 0.15) is 6.04 Å². The number of carboxylic acid groups (broad SMARTS) is 1. The van der Waals surface area contributed by atoms with Gasteiger partial charge in [0.25, 0.3) is 0 Å². The van der Waals surface area contributed by atoms with Crippen molar-refractivity contribution in [2.24, 2.45) is 0 Å². The Balaban J connectivity index is 1.84. The molecule has 3 aromatic carbocycles. The minimum Gasteiger partial charge on any atom is -0.480 e. The number of aliphatic carboxylic acids is 1. The van der Waals surface area contributed by atoms with E-state index in [0.29, 0.717) is 5.02 Å². The summed E-state index contributed by atoms with van der Waals surface area (Å²) in [4.78, 5) is 26.6. The minimum atomic E-state index is -1.14. The van der Waals surface area contributed by atoms with Crippen molar-refractivity contribution >= 4 is 23.7 Å². The lowest BCUT2D eigenvalue weighted by molar-refractivity contribution is -0.143. The summed E-state index contributed by atoms with van der Waals surface area (Å²) in [5, 5.41) is 10.6. The van der Waals surface area contributed by atoms with Crippen molar-refractivity contribution in [1.82, 2.24) is 4.90 Å². The zero-order valence-electron chi connectivity index (χ0n) is 16.3. The van der Waals surface area contributed by atoms with Crippen LogP contribution in [0.2, 0.25) is 5.02 Å². The van der Waals surface area contributed by atoms with E-state index in [0.717, 1.165) is 27.8 Å². The number of halogens is 1. The summed E-state index contributed by atoms with van der Waals surface area (Å²) in [7, 11) is 1.26. The molecule has 30 heavy (non-hydrogen) atoms. The fourth-order valence-electron chi connectivity index (χ4n) is 4.14. The number of ether oxygens (including phenoxy) is 1. The van der Waals surface area contributed by atoms with Crippen LogP contribution in [-0.4, -0.2) is 35.2 Å². The van der Waals surface area contributed by atoms with Crippen molar-refractivity contribution < 1.29 is 19.4 Å². The molecule has 1 N–H and O–H groups in total. The molecule has 0 heterocycles.